The van der Waals surface area contributed by atoms with Gasteiger partial charge in [0.15, 0.2) is 11.5 Å². The second-order valence-electron chi connectivity index (χ2n) is 6.01. The highest BCUT2D eigenvalue weighted by Gasteiger charge is 2.10. The molecule has 2 amide bonds. The molecule has 2 N–H and O–H groups in total. The Morgan fingerprint density at radius 2 is 1.57 bits per heavy atom. The van der Waals surface area contributed by atoms with Gasteiger partial charge in [0, 0.05) is 23.6 Å². The first kappa shape index (κ1) is 19.0. The largest absolute Gasteiger partial charge is 0.493 e. The number of carbonyl (C=O) groups is 2. The van der Waals surface area contributed by atoms with Crippen molar-refractivity contribution in [1.29, 1.82) is 0 Å². The van der Waals surface area contributed by atoms with Crippen molar-refractivity contribution >= 4 is 11.8 Å². The molecular weight excluding hydrogens is 358 g/mol. The summed E-state index contributed by atoms with van der Waals surface area (Å²) in [5.74, 6) is 0.396. The van der Waals surface area contributed by atoms with Crippen LogP contribution in [0.3, 0.4) is 0 Å². The lowest BCUT2D eigenvalue weighted by Crippen LogP contribution is -2.42. The van der Waals surface area contributed by atoms with E-state index in [4.69, 9.17) is 9.47 Å². The van der Waals surface area contributed by atoms with Crippen molar-refractivity contribution in [1.82, 2.24) is 15.4 Å². The minimum absolute atomic E-state index is 0.0905. The van der Waals surface area contributed by atoms with Crippen molar-refractivity contribution in [2.75, 3.05) is 14.2 Å². The van der Waals surface area contributed by atoms with Gasteiger partial charge in [0.2, 0.25) is 5.91 Å². The van der Waals surface area contributed by atoms with E-state index in [0.29, 0.717) is 17.1 Å². The van der Waals surface area contributed by atoms with Crippen LogP contribution in [0.5, 0.6) is 11.5 Å². The normalized spacial score (nSPS) is 10.2. The van der Waals surface area contributed by atoms with Crippen LogP contribution in [0.2, 0.25) is 0 Å². The van der Waals surface area contributed by atoms with E-state index in [9.17, 15) is 9.59 Å². The van der Waals surface area contributed by atoms with E-state index in [2.05, 4.69) is 10.9 Å². The summed E-state index contributed by atoms with van der Waals surface area (Å²) in [6, 6.07) is 16.1. The fraction of sp³-hybridized carbons (Fsp3) is 0.143. The zero-order chi connectivity index (χ0) is 19.9. The number of nitrogens with zero attached hydrogens (tertiary/aromatic N) is 1. The summed E-state index contributed by atoms with van der Waals surface area (Å²) in [5.41, 5.74) is 6.97. The molecule has 0 unspecified atom stereocenters. The third-order valence-corrected chi connectivity index (χ3v) is 4.16. The predicted molar refractivity (Wildman–Crippen MR) is 105 cm³/mol. The lowest BCUT2D eigenvalue weighted by atomic mass is 10.1. The van der Waals surface area contributed by atoms with Gasteiger partial charge in [0.25, 0.3) is 5.91 Å². The van der Waals surface area contributed by atoms with Crippen LogP contribution in [-0.4, -0.2) is 30.6 Å². The average molecular weight is 379 g/mol. The Hall–Kier alpha value is -3.74. The first-order chi connectivity index (χ1) is 13.6. The van der Waals surface area contributed by atoms with Gasteiger partial charge >= 0.3 is 0 Å². The van der Waals surface area contributed by atoms with Gasteiger partial charge in [-0.15, -0.1) is 0 Å². The van der Waals surface area contributed by atoms with Gasteiger partial charge in [-0.25, -0.2) is 0 Å². The number of hydrazine groups is 1. The Morgan fingerprint density at radius 3 is 2.21 bits per heavy atom. The molecule has 0 aliphatic heterocycles. The minimum atomic E-state index is -0.389. The average Bonchev–Trinajstić information content (AvgIpc) is 3.27. The van der Waals surface area contributed by atoms with E-state index in [1.165, 1.54) is 7.11 Å². The van der Waals surface area contributed by atoms with Crippen molar-refractivity contribution in [2.45, 2.75) is 6.42 Å². The number of nitrogens with one attached hydrogen (secondary N) is 2. The third kappa shape index (κ3) is 4.50. The molecule has 0 aliphatic rings. The molecule has 0 aliphatic carbocycles. The first-order valence-corrected chi connectivity index (χ1v) is 8.64. The number of hydrogen-bond donors (Lipinski definition) is 2. The zero-order valence-electron chi connectivity index (χ0n) is 15.6. The molecule has 0 saturated heterocycles. The number of amides is 2. The Labute approximate surface area is 162 Å². The molecule has 0 fully saturated rings. The summed E-state index contributed by atoms with van der Waals surface area (Å²) in [6.07, 6.45) is 3.93. The number of aromatic nitrogens is 1. The summed E-state index contributed by atoms with van der Waals surface area (Å²) in [5, 5.41) is 0. The van der Waals surface area contributed by atoms with Gasteiger partial charge in [0.05, 0.1) is 20.6 Å². The van der Waals surface area contributed by atoms with Crippen molar-refractivity contribution in [3.63, 3.8) is 0 Å². The maximum absolute atomic E-state index is 12.2. The van der Waals surface area contributed by atoms with E-state index in [1.54, 1.807) is 37.4 Å². The molecule has 3 rings (SSSR count). The Bertz CT molecular complexity index is 950. The van der Waals surface area contributed by atoms with Crippen molar-refractivity contribution in [2.24, 2.45) is 0 Å². The number of methoxy groups -OCH3 is 2. The second-order valence-corrected chi connectivity index (χ2v) is 6.01. The van der Waals surface area contributed by atoms with Gasteiger partial charge in [-0.2, -0.15) is 0 Å². The van der Waals surface area contributed by atoms with Crippen molar-refractivity contribution < 1.29 is 19.1 Å². The summed E-state index contributed by atoms with van der Waals surface area (Å²) in [6.45, 7) is 0. The van der Waals surface area contributed by atoms with Crippen LogP contribution in [0.25, 0.3) is 5.69 Å². The molecule has 0 atom stereocenters. The predicted octanol–water partition coefficient (Wildman–Crippen LogP) is 2.50. The molecule has 3 aromatic rings. The Morgan fingerprint density at radius 1 is 0.893 bits per heavy atom. The second kappa shape index (κ2) is 8.77. The lowest BCUT2D eigenvalue weighted by Gasteiger charge is -2.11. The smallest absolute Gasteiger partial charge is 0.269 e. The standard InChI is InChI=1S/C21H21N3O4/c1-27-18-10-5-15(13-19(18)28-2)14-20(25)22-23-21(26)16-6-8-17(9-7-16)24-11-3-4-12-24/h3-13H,14H2,1-2H3,(H,22,25)(H,23,26). The van der Waals surface area contributed by atoms with Crippen molar-refractivity contribution in [3.8, 4) is 17.2 Å². The molecule has 28 heavy (non-hydrogen) atoms. The fourth-order valence-electron chi connectivity index (χ4n) is 2.71. The lowest BCUT2D eigenvalue weighted by molar-refractivity contribution is -0.121. The minimum Gasteiger partial charge on any atom is -0.493 e. The molecule has 0 radical (unpaired) electrons. The van der Waals surface area contributed by atoms with Gasteiger partial charge in [-0.3, -0.25) is 20.4 Å². The maximum Gasteiger partial charge on any atom is 0.269 e. The Kier molecular flexibility index (Phi) is 5.96. The molecule has 7 nitrogen and oxygen atoms in total. The molecule has 0 saturated carbocycles. The quantitative estimate of drug-likeness (QED) is 0.645. The van der Waals surface area contributed by atoms with E-state index in [-0.39, 0.29) is 18.2 Å². The van der Waals surface area contributed by atoms with Crippen LogP contribution in [0.15, 0.2) is 67.0 Å². The van der Waals surface area contributed by atoms with E-state index in [0.717, 1.165) is 11.3 Å². The fourth-order valence-corrected chi connectivity index (χ4v) is 2.71. The summed E-state index contributed by atoms with van der Waals surface area (Å²) >= 11 is 0. The molecule has 1 aromatic heterocycles. The van der Waals surface area contributed by atoms with Gasteiger partial charge in [0.1, 0.15) is 0 Å². The third-order valence-electron chi connectivity index (χ3n) is 4.16. The molecule has 0 bridgehead atoms. The highest BCUT2D eigenvalue weighted by molar-refractivity contribution is 5.95. The van der Waals surface area contributed by atoms with Crippen LogP contribution in [0.4, 0.5) is 0 Å². The van der Waals surface area contributed by atoms with E-state index < -0.39 is 0 Å². The van der Waals surface area contributed by atoms with Crippen LogP contribution in [0.1, 0.15) is 15.9 Å². The molecule has 7 heteroatoms. The van der Waals surface area contributed by atoms with Crippen LogP contribution < -0.4 is 20.3 Å². The highest BCUT2D eigenvalue weighted by atomic mass is 16.5. The number of rotatable bonds is 6. The summed E-state index contributed by atoms with van der Waals surface area (Å²) in [7, 11) is 3.08. The zero-order valence-corrected chi connectivity index (χ0v) is 15.6. The Balaban J connectivity index is 1.55. The monoisotopic (exact) mass is 379 g/mol. The van der Waals surface area contributed by atoms with E-state index in [1.807, 2.05) is 41.2 Å². The van der Waals surface area contributed by atoms with Crippen LogP contribution in [0, 0.1) is 0 Å². The van der Waals surface area contributed by atoms with Gasteiger partial charge < -0.3 is 14.0 Å². The molecule has 0 spiro atoms. The van der Waals surface area contributed by atoms with Gasteiger partial charge in [-0.1, -0.05) is 6.07 Å². The number of benzene rings is 2. The van der Waals surface area contributed by atoms with E-state index >= 15 is 0 Å². The first-order valence-electron chi connectivity index (χ1n) is 8.64. The SMILES string of the molecule is COc1ccc(CC(=O)NNC(=O)c2ccc(-n3cccc3)cc2)cc1OC. The highest BCUT2D eigenvalue weighted by Crippen LogP contribution is 2.27. The topological polar surface area (TPSA) is 81.6 Å². The molecule has 144 valence electrons. The maximum atomic E-state index is 12.2. The van der Waals surface area contributed by atoms with Crippen molar-refractivity contribution in [3.05, 3.63) is 78.1 Å². The summed E-state index contributed by atoms with van der Waals surface area (Å²) in [4.78, 5) is 24.3. The van der Waals surface area contributed by atoms with Crippen LogP contribution in [-0.2, 0) is 11.2 Å². The molecule has 2 aromatic carbocycles. The molecular formula is C21H21N3O4. The number of ether oxygens (including phenoxy) is 2. The van der Waals surface area contributed by atoms with Crippen LogP contribution >= 0.6 is 0 Å². The van der Waals surface area contributed by atoms with Gasteiger partial charge in [-0.05, 0) is 54.1 Å². The number of hydrogen-bond acceptors (Lipinski definition) is 4. The number of carbonyl (C=O) groups excluding carboxylic acids is 2. The summed E-state index contributed by atoms with van der Waals surface area (Å²) < 4.78 is 12.3. The molecule has 1 heterocycles.